The highest BCUT2D eigenvalue weighted by atomic mass is 79.9. The van der Waals surface area contributed by atoms with Gasteiger partial charge in [-0.15, -0.1) is 0 Å². The Kier molecular flexibility index (Phi) is 6.30. The summed E-state index contributed by atoms with van der Waals surface area (Å²) in [7, 11) is 0. The monoisotopic (exact) mass is 360 g/mol. The SMILES string of the molecule is CCC1CN(CCC(N)c2ccc(Br)cc2Cl)CCO1. The van der Waals surface area contributed by atoms with Crippen molar-refractivity contribution in [1.29, 1.82) is 0 Å². The quantitative estimate of drug-likeness (QED) is 0.871. The third kappa shape index (κ3) is 4.43. The van der Waals surface area contributed by atoms with E-state index in [1.807, 2.05) is 18.2 Å². The predicted octanol–water partition coefficient (Wildman–Crippen LogP) is 3.60. The van der Waals surface area contributed by atoms with Gasteiger partial charge in [-0.1, -0.05) is 40.5 Å². The van der Waals surface area contributed by atoms with Gasteiger partial charge in [0.05, 0.1) is 12.7 Å². The van der Waals surface area contributed by atoms with E-state index >= 15 is 0 Å². The minimum absolute atomic E-state index is 0.0153. The minimum atomic E-state index is -0.0153. The molecule has 2 unspecified atom stereocenters. The van der Waals surface area contributed by atoms with Gasteiger partial charge in [-0.2, -0.15) is 0 Å². The Morgan fingerprint density at radius 2 is 2.35 bits per heavy atom. The fourth-order valence-electron chi connectivity index (χ4n) is 2.51. The molecule has 1 aromatic carbocycles. The lowest BCUT2D eigenvalue weighted by molar-refractivity contribution is -0.0302. The van der Waals surface area contributed by atoms with Crippen LogP contribution in [0, 0.1) is 0 Å². The van der Waals surface area contributed by atoms with Gasteiger partial charge in [0, 0.05) is 35.2 Å². The first-order valence-electron chi connectivity index (χ1n) is 7.14. The van der Waals surface area contributed by atoms with Gasteiger partial charge in [-0.05, 0) is 30.5 Å². The third-order valence-corrected chi connectivity index (χ3v) is 4.62. The number of nitrogens with zero attached hydrogens (tertiary/aromatic N) is 1. The molecule has 0 spiro atoms. The van der Waals surface area contributed by atoms with Crippen LogP contribution < -0.4 is 5.73 Å². The van der Waals surface area contributed by atoms with Crippen LogP contribution in [0.4, 0.5) is 0 Å². The van der Waals surface area contributed by atoms with Crippen LogP contribution in [0.5, 0.6) is 0 Å². The van der Waals surface area contributed by atoms with E-state index in [2.05, 4.69) is 27.8 Å². The average Bonchev–Trinajstić information content (AvgIpc) is 2.45. The fraction of sp³-hybridized carbons (Fsp3) is 0.600. The first-order valence-corrected chi connectivity index (χ1v) is 8.31. The molecule has 0 radical (unpaired) electrons. The molecule has 5 heteroatoms. The highest BCUT2D eigenvalue weighted by molar-refractivity contribution is 9.10. The van der Waals surface area contributed by atoms with Gasteiger partial charge in [0.1, 0.15) is 0 Å². The van der Waals surface area contributed by atoms with E-state index in [9.17, 15) is 0 Å². The Labute approximate surface area is 134 Å². The van der Waals surface area contributed by atoms with E-state index in [0.717, 1.165) is 54.1 Å². The molecule has 1 fully saturated rings. The van der Waals surface area contributed by atoms with Crippen LogP contribution in [0.2, 0.25) is 5.02 Å². The van der Waals surface area contributed by atoms with Crippen molar-refractivity contribution < 1.29 is 4.74 Å². The molecule has 1 aliphatic rings. The van der Waals surface area contributed by atoms with Crippen LogP contribution in [0.3, 0.4) is 0 Å². The van der Waals surface area contributed by atoms with Gasteiger partial charge in [0.15, 0.2) is 0 Å². The normalized spacial score (nSPS) is 21.9. The van der Waals surface area contributed by atoms with Crippen molar-refractivity contribution in [3.05, 3.63) is 33.3 Å². The lowest BCUT2D eigenvalue weighted by Crippen LogP contribution is -2.43. The number of nitrogens with two attached hydrogens (primary N) is 1. The van der Waals surface area contributed by atoms with Crippen molar-refractivity contribution in [3.63, 3.8) is 0 Å². The number of morpholine rings is 1. The summed E-state index contributed by atoms with van der Waals surface area (Å²) in [6.45, 7) is 6.00. The summed E-state index contributed by atoms with van der Waals surface area (Å²) in [6, 6.07) is 5.88. The average molecular weight is 362 g/mol. The molecule has 20 heavy (non-hydrogen) atoms. The van der Waals surface area contributed by atoms with E-state index in [0.29, 0.717) is 6.10 Å². The minimum Gasteiger partial charge on any atom is -0.376 e. The van der Waals surface area contributed by atoms with E-state index in [-0.39, 0.29) is 6.04 Å². The second-order valence-electron chi connectivity index (χ2n) is 5.26. The maximum atomic E-state index is 6.27. The van der Waals surface area contributed by atoms with Gasteiger partial charge in [-0.25, -0.2) is 0 Å². The highest BCUT2D eigenvalue weighted by Crippen LogP contribution is 2.27. The van der Waals surface area contributed by atoms with E-state index < -0.39 is 0 Å². The molecule has 2 atom stereocenters. The van der Waals surface area contributed by atoms with Gasteiger partial charge in [0.2, 0.25) is 0 Å². The molecule has 1 heterocycles. The summed E-state index contributed by atoms with van der Waals surface area (Å²) >= 11 is 9.66. The van der Waals surface area contributed by atoms with Crippen LogP contribution in [0.1, 0.15) is 31.4 Å². The first kappa shape index (κ1) is 16.2. The van der Waals surface area contributed by atoms with E-state index in [1.54, 1.807) is 0 Å². The van der Waals surface area contributed by atoms with Gasteiger partial charge in [0.25, 0.3) is 0 Å². The molecular weight excluding hydrogens is 340 g/mol. The molecule has 3 nitrogen and oxygen atoms in total. The Morgan fingerprint density at radius 3 is 3.05 bits per heavy atom. The van der Waals surface area contributed by atoms with Gasteiger partial charge in [-0.3, -0.25) is 4.90 Å². The summed E-state index contributed by atoms with van der Waals surface area (Å²) < 4.78 is 6.67. The Balaban J connectivity index is 1.86. The number of hydrogen-bond donors (Lipinski definition) is 1. The zero-order valence-corrected chi connectivity index (χ0v) is 14.2. The Hall–Kier alpha value is -0.130. The standard InChI is InChI=1S/C15H22BrClN2O/c1-2-12-10-19(7-8-20-12)6-5-15(18)13-4-3-11(16)9-14(13)17/h3-4,9,12,15H,2,5-8,10,18H2,1H3. The lowest BCUT2D eigenvalue weighted by atomic mass is 10.0. The lowest BCUT2D eigenvalue weighted by Gasteiger charge is -2.33. The first-order chi connectivity index (χ1) is 9.60. The molecule has 0 saturated carbocycles. The number of ether oxygens (including phenoxy) is 1. The molecule has 0 amide bonds. The second kappa shape index (κ2) is 7.76. The Bertz CT molecular complexity index is 444. The fourth-order valence-corrected chi connectivity index (χ4v) is 3.32. The topological polar surface area (TPSA) is 38.5 Å². The highest BCUT2D eigenvalue weighted by Gasteiger charge is 2.20. The number of halogens is 2. The zero-order chi connectivity index (χ0) is 14.5. The second-order valence-corrected chi connectivity index (χ2v) is 6.59. The molecule has 2 N–H and O–H groups in total. The molecule has 2 rings (SSSR count). The Morgan fingerprint density at radius 1 is 1.55 bits per heavy atom. The molecular formula is C15H22BrClN2O. The van der Waals surface area contributed by atoms with Gasteiger partial charge < -0.3 is 10.5 Å². The summed E-state index contributed by atoms with van der Waals surface area (Å²) in [4.78, 5) is 2.43. The third-order valence-electron chi connectivity index (χ3n) is 3.80. The number of rotatable bonds is 5. The van der Waals surface area contributed by atoms with Crippen molar-refractivity contribution in [2.45, 2.75) is 31.9 Å². The maximum absolute atomic E-state index is 6.27. The van der Waals surface area contributed by atoms with Crippen LogP contribution in [0.25, 0.3) is 0 Å². The molecule has 1 aliphatic heterocycles. The smallest absolute Gasteiger partial charge is 0.0700 e. The maximum Gasteiger partial charge on any atom is 0.0700 e. The number of benzene rings is 1. The summed E-state index contributed by atoms with van der Waals surface area (Å²) in [5.74, 6) is 0. The predicted molar refractivity (Wildman–Crippen MR) is 87.2 cm³/mol. The molecule has 0 bridgehead atoms. The van der Waals surface area contributed by atoms with Gasteiger partial charge >= 0.3 is 0 Å². The molecule has 1 saturated heterocycles. The van der Waals surface area contributed by atoms with Crippen LogP contribution in [-0.4, -0.2) is 37.2 Å². The number of hydrogen-bond acceptors (Lipinski definition) is 3. The summed E-state index contributed by atoms with van der Waals surface area (Å²) in [6.07, 6.45) is 2.36. The van der Waals surface area contributed by atoms with Crippen molar-refractivity contribution in [3.8, 4) is 0 Å². The van der Waals surface area contributed by atoms with Crippen LogP contribution in [-0.2, 0) is 4.74 Å². The molecule has 0 aliphatic carbocycles. The van der Waals surface area contributed by atoms with Crippen molar-refractivity contribution >= 4 is 27.5 Å². The zero-order valence-electron chi connectivity index (χ0n) is 11.8. The van der Waals surface area contributed by atoms with Crippen molar-refractivity contribution in [2.24, 2.45) is 5.73 Å². The molecule has 1 aromatic rings. The molecule has 0 aromatic heterocycles. The van der Waals surface area contributed by atoms with Crippen molar-refractivity contribution in [1.82, 2.24) is 4.90 Å². The molecule has 112 valence electrons. The van der Waals surface area contributed by atoms with Crippen molar-refractivity contribution in [2.75, 3.05) is 26.2 Å². The van der Waals surface area contributed by atoms with E-state index in [1.165, 1.54) is 0 Å². The summed E-state index contributed by atoms with van der Waals surface area (Å²) in [5, 5.41) is 0.736. The van der Waals surface area contributed by atoms with Crippen LogP contribution >= 0.6 is 27.5 Å². The van der Waals surface area contributed by atoms with Crippen LogP contribution in [0.15, 0.2) is 22.7 Å². The summed E-state index contributed by atoms with van der Waals surface area (Å²) in [5.41, 5.74) is 7.30. The largest absolute Gasteiger partial charge is 0.376 e. The van der Waals surface area contributed by atoms with E-state index in [4.69, 9.17) is 22.1 Å².